The highest BCUT2D eigenvalue weighted by molar-refractivity contribution is 5.74. The van der Waals surface area contributed by atoms with E-state index in [1.165, 1.54) is 51.4 Å². The number of aromatic hydroxyl groups is 4. The van der Waals surface area contributed by atoms with Gasteiger partial charge < -0.3 is 20.4 Å². The van der Waals surface area contributed by atoms with Crippen LogP contribution in [0.25, 0.3) is 22.3 Å². The fourth-order valence-electron chi connectivity index (χ4n) is 11.7. The summed E-state index contributed by atoms with van der Waals surface area (Å²) in [7, 11) is 0. The van der Waals surface area contributed by atoms with Crippen LogP contribution in [0.3, 0.4) is 0 Å². The molecular formula is C55H64O4. The van der Waals surface area contributed by atoms with Gasteiger partial charge in [-0.05, 0) is 174 Å². The molecule has 0 atom stereocenters. The van der Waals surface area contributed by atoms with E-state index in [4.69, 9.17) is 0 Å². The molecule has 4 aliphatic rings. The second kappa shape index (κ2) is 17.9. The van der Waals surface area contributed by atoms with Gasteiger partial charge in [-0.25, -0.2) is 0 Å². The SMILES string of the molecule is Oc1ccc(-c2cc(C3CCCCC3)c(O)c(C(c3ccccc3)c3cc(-c4ccc(O)c(C5CCCCC5)c4)cc(C4CCCCC4)c3O)c2)cc1C1CCCCC1. The van der Waals surface area contributed by atoms with Crippen LogP contribution in [0.1, 0.15) is 197 Å². The number of phenolic OH excluding ortho intramolecular Hbond substituents is 4. The van der Waals surface area contributed by atoms with Crippen LogP contribution >= 0.6 is 0 Å². The molecule has 0 unspecified atom stereocenters. The molecule has 4 nitrogen and oxygen atoms in total. The standard InChI is InChI=1S/C55H64O4/c56-51-28-26-41(30-45(51)36-16-6-1-7-17-36)43-32-47(38-20-10-3-11-21-38)54(58)49(34-43)53(40-24-14-5-15-25-40)50-35-44(33-48(55(50)59)39-22-12-4-13-23-39)42-27-29-52(57)46(31-42)37-18-8-2-9-19-37/h5,14-15,24-39,53,56-59H,1-4,6-13,16-23H2. The molecule has 5 aromatic carbocycles. The molecular weight excluding hydrogens is 725 g/mol. The van der Waals surface area contributed by atoms with Crippen molar-refractivity contribution in [3.63, 3.8) is 0 Å². The van der Waals surface area contributed by atoms with Crippen LogP contribution in [0.5, 0.6) is 23.0 Å². The van der Waals surface area contributed by atoms with Crippen molar-refractivity contribution in [3.05, 3.63) is 130 Å². The first-order chi connectivity index (χ1) is 28.9. The molecule has 4 fully saturated rings. The first-order valence-electron chi connectivity index (χ1n) is 23.4. The number of hydrogen-bond donors (Lipinski definition) is 4. The van der Waals surface area contributed by atoms with Crippen molar-refractivity contribution in [2.24, 2.45) is 0 Å². The summed E-state index contributed by atoms with van der Waals surface area (Å²) in [6.07, 6.45) is 22.9. The lowest BCUT2D eigenvalue weighted by Crippen LogP contribution is -2.11. The Morgan fingerprint density at radius 3 is 1.05 bits per heavy atom. The molecule has 0 heterocycles. The van der Waals surface area contributed by atoms with E-state index < -0.39 is 5.92 Å². The van der Waals surface area contributed by atoms with Gasteiger partial charge >= 0.3 is 0 Å². The predicted molar refractivity (Wildman–Crippen MR) is 241 cm³/mol. The highest BCUT2D eigenvalue weighted by Crippen LogP contribution is 2.51. The van der Waals surface area contributed by atoms with Crippen LogP contribution in [0, 0.1) is 0 Å². The average molecular weight is 789 g/mol. The van der Waals surface area contributed by atoms with Gasteiger partial charge in [0, 0.05) is 17.0 Å². The van der Waals surface area contributed by atoms with Crippen LogP contribution in [0.15, 0.2) is 91.0 Å². The molecule has 0 radical (unpaired) electrons. The van der Waals surface area contributed by atoms with E-state index in [9.17, 15) is 20.4 Å². The molecule has 5 aromatic rings. The lowest BCUT2D eigenvalue weighted by Gasteiger charge is -2.30. The second-order valence-electron chi connectivity index (χ2n) is 18.7. The normalized spacial score (nSPS) is 19.0. The van der Waals surface area contributed by atoms with Gasteiger partial charge in [0.05, 0.1) is 0 Å². The predicted octanol–water partition coefficient (Wildman–Crippen LogP) is 15.2. The van der Waals surface area contributed by atoms with E-state index in [-0.39, 0.29) is 11.8 Å². The number of phenols is 4. The number of rotatable bonds is 9. The number of hydrogen-bond acceptors (Lipinski definition) is 4. The molecule has 4 heteroatoms. The van der Waals surface area contributed by atoms with Crippen molar-refractivity contribution < 1.29 is 20.4 Å². The lowest BCUT2D eigenvalue weighted by molar-refractivity contribution is 0.407. The second-order valence-corrected chi connectivity index (χ2v) is 18.7. The summed E-state index contributed by atoms with van der Waals surface area (Å²) in [6, 6.07) is 31.6. The zero-order valence-corrected chi connectivity index (χ0v) is 35.0. The summed E-state index contributed by atoms with van der Waals surface area (Å²) < 4.78 is 0. The number of benzene rings is 5. The molecule has 9 rings (SSSR count). The molecule has 0 spiro atoms. The molecule has 0 amide bonds. The molecule has 59 heavy (non-hydrogen) atoms. The third-order valence-corrected chi connectivity index (χ3v) is 15.0. The summed E-state index contributed by atoms with van der Waals surface area (Å²) in [6.45, 7) is 0. The Bertz CT molecular complexity index is 2080. The molecule has 0 bridgehead atoms. The molecule has 4 saturated carbocycles. The van der Waals surface area contributed by atoms with Gasteiger partial charge in [-0.15, -0.1) is 0 Å². The van der Waals surface area contributed by atoms with E-state index in [1.54, 1.807) is 0 Å². The van der Waals surface area contributed by atoms with Crippen molar-refractivity contribution >= 4 is 0 Å². The van der Waals surface area contributed by atoms with Crippen molar-refractivity contribution in [2.45, 2.75) is 158 Å². The van der Waals surface area contributed by atoms with Gasteiger partial charge in [0.2, 0.25) is 0 Å². The van der Waals surface area contributed by atoms with Gasteiger partial charge in [-0.2, -0.15) is 0 Å². The Morgan fingerprint density at radius 1 is 0.339 bits per heavy atom. The summed E-state index contributed by atoms with van der Waals surface area (Å²) in [4.78, 5) is 0. The Hall–Kier alpha value is -4.70. The van der Waals surface area contributed by atoms with E-state index in [2.05, 4.69) is 60.7 Å². The maximum atomic E-state index is 12.8. The summed E-state index contributed by atoms with van der Waals surface area (Å²) >= 11 is 0. The van der Waals surface area contributed by atoms with Crippen LogP contribution < -0.4 is 0 Å². The Balaban J connectivity index is 1.25. The molecule has 0 aromatic heterocycles. The quantitative estimate of drug-likeness (QED) is 0.112. The Morgan fingerprint density at radius 2 is 0.678 bits per heavy atom. The van der Waals surface area contributed by atoms with Crippen molar-refractivity contribution in [3.8, 4) is 45.3 Å². The fraction of sp³-hybridized carbons (Fsp3) is 0.455. The van der Waals surface area contributed by atoms with Crippen LogP contribution in [0.4, 0.5) is 0 Å². The summed E-state index contributed by atoms with van der Waals surface area (Å²) in [5.41, 5.74) is 11.0. The van der Waals surface area contributed by atoms with Gasteiger partial charge in [0.1, 0.15) is 23.0 Å². The largest absolute Gasteiger partial charge is 0.508 e. The maximum absolute atomic E-state index is 12.8. The van der Waals surface area contributed by atoms with E-state index in [0.29, 0.717) is 34.8 Å². The Labute approximate surface area is 352 Å². The smallest absolute Gasteiger partial charge is 0.123 e. The van der Waals surface area contributed by atoms with Crippen molar-refractivity contribution in [2.75, 3.05) is 0 Å². The fourth-order valence-corrected chi connectivity index (χ4v) is 11.7. The summed E-state index contributed by atoms with van der Waals surface area (Å²) in [5.74, 6) is 2.22. The molecule has 308 valence electrons. The third-order valence-electron chi connectivity index (χ3n) is 15.0. The van der Waals surface area contributed by atoms with Crippen LogP contribution in [-0.2, 0) is 0 Å². The Kier molecular flexibility index (Phi) is 12.0. The summed E-state index contributed by atoms with van der Waals surface area (Å²) in [5, 5.41) is 47.9. The van der Waals surface area contributed by atoms with Gasteiger partial charge in [-0.3, -0.25) is 0 Å². The molecule has 0 saturated heterocycles. The van der Waals surface area contributed by atoms with E-state index >= 15 is 0 Å². The first kappa shape index (κ1) is 39.7. The molecule has 0 aliphatic heterocycles. The van der Waals surface area contributed by atoms with Gasteiger partial charge in [0.15, 0.2) is 0 Å². The minimum atomic E-state index is -0.439. The lowest BCUT2D eigenvalue weighted by atomic mass is 9.75. The highest BCUT2D eigenvalue weighted by Gasteiger charge is 2.32. The highest BCUT2D eigenvalue weighted by atomic mass is 16.3. The van der Waals surface area contributed by atoms with Crippen LogP contribution in [-0.4, -0.2) is 20.4 Å². The minimum Gasteiger partial charge on any atom is -0.508 e. The monoisotopic (exact) mass is 788 g/mol. The molecule has 4 aliphatic carbocycles. The van der Waals surface area contributed by atoms with E-state index in [1.807, 2.05) is 30.3 Å². The minimum absolute atomic E-state index is 0.252. The van der Waals surface area contributed by atoms with Crippen molar-refractivity contribution in [1.82, 2.24) is 0 Å². The van der Waals surface area contributed by atoms with Gasteiger partial charge in [0.25, 0.3) is 0 Å². The molecule has 4 N–H and O–H groups in total. The van der Waals surface area contributed by atoms with Crippen LogP contribution in [0.2, 0.25) is 0 Å². The van der Waals surface area contributed by atoms with Gasteiger partial charge in [-0.1, -0.05) is 120 Å². The average Bonchev–Trinajstić information content (AvgIpc) is 3.29. The first-order valence-corrected chi connectivity index (χ1v) is 23.4. The van der Waals surface area contributed by atoms with E-state index in [0.717, 1.165) is 138 Å². The topological polar surface area (TPSA) is 80.9 Å². The van der Waals surface area contributed by atoms with Crippen molar-refractivity contribution in [1.29, 1.82) is 0 Å². The zero-order chi connectivity index (χ0) is 40.3. The maximum Gasteiger partial charge on any atom is 0.123 e. The third kappa shape index (κ3) is 8.39. The zero-order valence-electron chi connectivity index (χ0n) is 35.0.